The molecule has 0 radical (unpaired) electrons. The molecule has 0 saturated heterocycles. The molecule has 0 fully saturated rings. The average Bonchev–Trinajstić information content (AvgIpc) is 2.39. The molecule has 3 N–H and O–H groups in total. The molecule has 1 aromatic rings. The SMILES string of the molecule is COc1ccc(C(O)CN[C@H](CO)C(C)C)cc1. The number of nitrogens with one attached hydrogen (secondary N) is 1. The monoisotopic (exact) mass is 253 g/mol. The number of hydrogen-bond acceptors (Lipinski definition) is 4. The van der Waals surface area contributed by atoms with Crippen LogP contribution in [0.2, 0.25) is 0 Å². The fraction of sp³-hybridized carbons (Fsp3) is 0.571. The smallest absolute Gasteiger partial charge is 0.118 e. The van der Waals surface area contributed by atoms with Crippen molar-refractivity contribution >= 4 is 0 Å². The van der Waals surface area contributed by atoms with E-state index in [9.17, 15) is 10.2 Å². The highest BCUT2D eigenvalue weighted by atomic mass is 16.5. The zero-order valence-electron chi connectivity index (χ0n) is 11.3. The number of hydrogen-bond donors (Lipinski definition) is 3. The van der Waals surface area contributed by atoms with E-state index in [1.54, 1.807) is 7.11 Å². The van der Waals surface area contributed by atoms with Gasteiger partial charge in [-0.15, -0.1) is 0 Å². The Morgan fingerprint density at radius 1 is 1.22 bits per heavy atom. The minimum Gasteiger partial charge on any atom is -0.497 e. The van der Waals surface area contributed by atoms with Gasteiger partial charge in [-0.1, -0.05) is 26.0 Å². The fourth-order valence-corrected chi connectivity index (χ4v) is 1.72. The summed E-state index contributed by atoms with van der Waals surface area (Å²) in [6, 6.07) is 7.34. The maximum Gasteiger partial charge on any atom is 0.118 e. The van der Waals surface area contributed by atoms with Gasteiger partial charge in [-0.25, -0.2) is 0 Å². The van der Waals surface area contributed by atoms with Crippen LogP contribution in [-0.4, -0.2) is 36.5 Å². The summed E-state index contributed by atoms with van der Waals surface area (Å²) < 4.78 is 5.07. The topological polar surface area (TPSA) is 61.7 Å². The van der Waals surface area contributed by atoms with Crippen LogP contribution in [0.5, 0.6) is 5.75 Å². The number of rotatable bonds is 7. The lowest BCUT2D eigenvalue weighted by Crippen LogP contribution is -2.39. The summed E-state index contributed by atoms with van der Waals surface area (Å²) in [5.41, 5.74) is 0.837. The Balaban J connectivity index is 2.51. The first-order valence-corrected chi connectivity index (χ1v) is 6.24. The minimum atomic E-state index is -0.580. The zero-order valence-corrected chi connectivity index (χ0v) is 11.3. The Hall–Kier alpha value is -1.10. The lowest BCUT2D eigenvalue weighted by atomic mass is 10.0. The van der Waals surface area contributed by atoms with Crippen LogP contribution < -0.4 is 10.1 Å². The summed E-state index contributed by atoms with van der Waals surface area (Å²) in [6.07, 6.45) is -0.580. The normalized spacial score (nSPS) is 14.6. The third-order valence-corrected chi connectivity index (χ3v) is 3.08. The summed E-state index contributed by atoms with van der Waals surface area (Å²) in [6.45, 7) is 4.57. The van der Waals surface area contributed by atoms with Gasteiger partial charge in [-0.05, 0) is 23.6 Å². The Bertz CT molecular complexity index is 337. The van der Waals surface area contributed by atoms with E-state index in [1.807, 2.05) is 38.1 Å². The van der Waals surface area contributed by atoms with Gasteiger partial charge in [0.05, 0.1) is 19.8 Å². The molecular formula is C14H23NO3. The lowest BCUT2D eigenvalue weighted by molar-refractivity contribution is 0.148. The molecule has 1 aromatic carbocycles. The first-order chi connectivity index (χ1) is 8.58. The Morgan fingerprint density at radius 2 is 1.83 bits per heavy atom. The molecule has 18 heavy (non-hydrogen) atoms. The molecule has 0 spiro atoms. The van der Waals surface area contributed by atoms with E-state index < -0.39 is 6.10 Å². The van der Waals surface area contributed by atoms with Crippen LogP contribution in [0.25, 0.3) is 0 Å². The fourth-order valence-electron chi connectivity index (χ4n) is 1.72. The molecule has 4 heteroatoms. The molecule has 102 valence electrons. The summed E-state index contributed by atoms with van der Waals surface area (Å²) in [4.78, 5) is 0. The Morgan fingerprint density at radius 3 is 2.28 bits per heavy atom. The predicted molar refractivity (Wildman–Crippen MR) is 71.7 cm³/mol. The van der Waals surface area contributed by atoms with Crippen molar-refractivity contribution in [3.8, 4) is 5.75 Å². The molecule has 0 aliphatic heterocycles. The molecule has 0 aliphatic rings. The van der Waals surface area contributed by atoms with Gasteiger partial charge in [0.25, 0.3) is 0 Å². The minimum absolute atomic E-state index is 0.0119. The number of aliphatic hydroxyl groups is 2. The highest BCUT2D eigenvalue weighted by Crippen LogP contribution is 2.17. The third kappa shape index (κ3) is 4.29. The van der Waals surface area contributed by atoms with Crippen LogP contribution in [0.3, 0.4) is 0 Å². The van der Waals surface area contributed by atoms with E-state index in [-0.39, 0.29) is 12.6 Å². The second kappa shape index (κ2) is 7.36. The van der Waals surface area contributed by atoms with E-state index in [0.29, 0.717) is 12.5 Å². The zero-order chi connectivity index (χ0) is 13.5. The van der Waals surface area contributed by atoms with Gasteiger partial charge in [0.2, 0.25) is 0 Å². The van der Waals surface area contributed by atoms with Gasteiger partial charge in [0, 0.05) is 12.6 Å². The first-order valence-electron chi connectivity index (χ1n) is 6.24. The average molecular weight is 253 g/mol. The van der Waals surface area contributed by atoms with E-state index in [1.165, 1.54) is 0 Å². The summed E-state index contributed by atoms with van der Waals surface area (Å²) in [5, 5.41) is 22.4. The maximum atomic E-state index is 10.0. The molecule has 0 amide bonds. The van der Waals surface area contributed by atoms with E-state index in [2.05, 4.69) is 5.32 Å². The van der Waals surface area contributed by atoms with Gasteiger partial charge >= 0.3 is 0 Å². The summed E-state index contributed by atoms with van der Waals surface area (Å²) in [7, 11) is 1.61. The van der Waals surface area contributed by atoms with E-state index >= 15 is 0 Å². The van der Waals surface area contributed by atoms with Crippen LogP contribution in [-0.2, 0) is 0 Å². The number of methoxy groups -OCH3 is 1. The molecule has 0 heterocycles. The van der Waals surface area contributed by atoms with E-state index in [4.69, 9.17) is 4.74 Å². The molecule has 2 atom stereocenters. The number of ether oxygens (including phenoxy) is 1. The molecular weight excluding hydrogens is 230 g/mol. The van der Waals surface area contributed by atoms with Crippen molar-refractivity contribution in [2.24, 2.45) is 5.92 Å². The van der Waals surface area contributed by atoms with Crippen molar-refractivity contribution in [3.05, 3.63) is 29.8 Å². The Kier molecular flexibility index (Phi) is 6.12. The van der Waals surface area contributed by atoms with Crippen LogP contribution in [0.1, 0.15) is 25.5 Å². The summed E-state index contributed by atoms with van der Waals surface area (Å²) >= 11 is 0. The highest BCUT2D eigenvalue weighted by molar-refractivity contribution is 5.28. The largest absolute Gasteiger partial charge is 0.497 e. The molecule has 0 bridgehead atoms. The first kappa shape index (κ1) is 15.0. The maximum absolute atomic E-state index is 10.0. The standard InChI is InChI=1S/C14H23NO3/c1-10(2)13(9-16)15-8-14(17)11-4-6-12(18-3)7-5-11/h4-7,10,13-17H,8-9H2,1-3H3/t13-,14?/m1/s1. The van der Waals surface area contributed by atoms with Gasteiger partial charge in [0.1, 0.15) is 5.75 Å². The van der Waals surface area contributed by atoms with Crippen molar-refractivity contribution in [3.63, 3.8) is 0 Å². The molecule has 1 rings (SSSR count). The third-order valence-electron chi connectivity index (χ3n) is 3.08. The number of benzene rings is 1. The van der Waals surface area contributed by atoms with Crippen LogP contribution in [0, 0.1) is 5.92 Å². The second-order valence-corrected chi connectivity index (χ2v) is 4.73. The second-order valence-electron chi connectivity index (χ2n) is 4.73. The molecule has 4 nitrogen and oxygen atoms in total. The van der Waals surface area contributed by atoms with Crippen LogP contribution >= 0.6 is 0 Å². The van der Waals surface area contributed by atoms with Gasteiger partial charge in [-0.3, -0.25) is 0 Å². The molecule has 0 saturated carbocycles. The highest BCUT2D eigenvalue weighted by Gasteiger charge is 2.14. The van der Waals surface area contributed by atoms with Gasteiger partial charge in [-0.2, -0.15) is 0 Å². The van der Waals surface area contributed by atoms with Crippen molar-refractivity contribution in [2.45, 2.75) is 26.0 Å². The molecule has 0 aliphatic carbocycles. The Labute approximate surface area is 109 Å². The molecule has 0 aromatic heterocycles. The molecule has 1 unspecified atom stereocenters. The predicted octanol–water partition coefficient (Wildman–Crippen LogP) is 1.34. The quantitative estimate of drug-likeness (QED) is 0.686. The van der Waals surface area contributed by atoms with Crippen LogP contribution in [0.4, 0.5) is 0 Å². The van der Waals surface area contributed by atoms with Crippen molar-refractivity contribution in [1.82, 2.24) is 5.32 Å². The van der Waals surface area contributed by atoms with Gasteiger partial charge in [0.15, 0.2) is 0 Å². The lowest BCUT2D eigenvalue weighted by Gasteiger charge is -2.22. The van der Waals surface area contributed by atoms with Crippen LogP contribution in [0.15, 0.2) is 24.3 Å². The number of aliphatic hydroxyl groups excluding tert-OH is 2. The van der Waals surface area contributed by atoms with Gasteiger partial charge < -0.3 is 20.3 Å². The van der Waals surface area contributed by atoms with E-state index in [0.717, 1.165) is 11.3 Å². The van der Waals surface area contributed by atoms with Crippen molar-refractivity contribution in [1.29, 1.82) is 0 Å². The van der Waals surface area contributed by atoms with Crippen molar-refractivity contribution < 1.29 is 14.9 Å². The van der Waals surface area contributed by atoms with Crippen molar-refractivity contribution in [2.75, 3.05) is 20.3 Å². The summed E-state index contributed by atoms with van der Waals surface area (Å²) in [5.74, 6) is 1.10.